The lowest BCUT2D eigenvalue weighted by atomic mass is 9.97. The van der Waals surface area contributed by atoms with Gasteiger partial charge in [0, 0.05) is 51.6 Å². The Hall–Kier alpha value is -3.34. The van der Waals surface area contributed by atoms with Crippen LogP contribution < -0.4 is 5.32 Å². The molecule has 2 aliphatic rings. The second-order valence-corrected chi connectivity index (χ2v) is 8.72. The first-order chi connectivity index (χ1) is 15.0. The molecule has 2 amide bonds. The van der Waals surface area contributed by atoms with Gasteiger partial charge in [0.05, 0.1) is 0 Å². The van der Waals surface area contributed by atoms with E-state index in [1.165, 1.54) is 6.42 Å². The van der Waals surface area contributed by atoms with E-state index in [4.69, 9.17) is 0 Å². The summed E-state index contributed by atoms with van der Waals surface area (Å²) in [4.78, 5) is 27.9. The zero-order valence-corrected chi connectivity index (χ0v) is 18.0. The van der Waals surface area contributed by atoms with Crippen molar-refractivity contribution in [3.63, 3.8) is 0 Å². The van der Waals surface area contributed by atoms with Crippen LogP contribution in [-0.4, -0.2) is 33.4 Å². The van der Waals surface area contributed by atoms with Crippen molar-refractivity contribution in [2.45, 2.75) is 51.7 Å². The molecule has 158 valence electrons. The van der Waals surface area contributed by atoms with Gasteiger partial charge in [0.1, 0.15) is 6.54 Å². The molecule has 1 fully saturated rings. The summed E-state index contributed by atoms with van der Waals surface area (Å²) in [5, 5.41) is 3.97. The van der Waals surface area contributed by atoms with Crippen molar-refractivity contribution in [1.29, 1.82) is 0 Å². The molecular formula is C26H27N3O2. The van der Waals surface area contributed by atoms with Gasteiger partial charge in [-0.1, -0.05) is 36.4 Å². The van der Waals surface area contributed by atoms with Crippen molar-refractivity contribution < 1.29 is 9.59 Å². The lowest BCUT2D eigenvalue weighted by molar-refractivity contribution is -0.137. The number of aromatic nitrogens is 1. The van der Waals surface area contributed by atoms with E-state index in [2.05, 4.69) is 24.1 Å². The molecule has 0 radical (unpaired) electrons. The fourth-order valence-electron chi connectivity index (χ4n) is 5.10. The molecule has 0 unspecified atom stereocenters. The van der Waals surface area contributed by atoms with Crippen LogP contribution >= 0.6 is 0 Å². The van der Waals surface area contributed by atoms with E-state index in [9.17, 15) is 9.59 Å². The van der Waals surface area contributed by atoms with Crippen LogP contribution in [0.3, 0.4) is 0 Å². The van der Waals surface area contributed by atoms with Crippen molar-refractivity contribution in [3.05, 3.63) is 65.9 Å². The summed E-state index contributed by atoms with van der Waals surface area (Å²) in [6, 6.07) is 16.4. The molecule has 5 heteroatoms. The third kappa shape index (κ3) is 3.44. The second kappa shape index (κ2) is 7.73. The van der Waals surface area contributed by atoms with E-state index >= 15 is 0 Å². The van der Waals surface area contributed by atoms with Gasteiger partial charge in [-0.05, 0) is 51.3 Å². The van der Waals surface area contributed by atoms with Gasteiger partial charge in [-0.3, -0.25) is 9.59 Å². The largest absolute Gasteiger partial charge is 0.337 e. The second-order valence-electron chi connectivity index (χ2n) is 8.72. The number of fused-ring (bicyclic) bond motifs is 2. The first kappa shape index (κ1) is 19.6. The van der Waals surface area contributed by atoms with E-state index in [1.807, 2.05) is 65.4 Å². The van der Waals surface area contributed by atoms with Crippen LogP contribution in [0, 0.1) is 0 Å². The number of rotatable bonds is 3. The predicted octanol–water partition coefficient (Wildman–Crippen LogP) is 4.92. The number of para-hydroxylation sites is 2. The molecule has 0 spiro atoms. The summed E-state index contributed by atoms with van der Waals surface area (Å²) >= 11 is 0. The first-order valence-electron chi connectivity index (χ1n) is 11.0. The van der Waals surface area contributed by atoms with E-state index in [0.717, 1.165) is 40.6 Å². The summed E-state index contributed by atoms with van der Waals surface area (Å²) in [7, 11) is 0. The molecule has 31 heavy (non-hydrogen) atoms. The van der Waals surface area contributed by atoms with Crippen molar-refractivity contribution in [1.82, 2.24) is 9.47 Å². The highest BCUT2D eigenvalue weighted by Gasteiger charge is 2.29. The Morgan fingerprint density at radius 3 is 2.58 bits per heavy atom. The van der Waals surface area contributed by atoms with Crippen LogP contribution in [0.1, 0.15) is 44.2 Å². The average Bonchev–Trinajstić information content (AvgIpc) is 3.26. The molecule has 1 aromatic heterocycles. The number of hydrogen-bond donors (Lipinski definition) is 1. The molecule has 5 nitrogen and oxygen atoms in total. The SMILES string of the molecule is C[C@H]1CCC[C@H](C)N1C(=O)Cn1cc(/C=C2/C(=O)Nc3ccccc32)c2ccccc21. The summed E-state index contributed by atoms with van der Waals surface area (Å²) in [5.41, 5.74) is 4.36. The Morgan fingerprint density at radius 2 is 1.77 bits per heavy atom. The van der Waals surface area contributed by atoms with Crippen molar-refractivity contribution in [3.8, 4) is 0 Å². The summed E-state index contributed by atoms with van der Waals surface area (Å²) < 4.78 is 2.02. The maximum Gasteiger partial charge on any atom is 0.256 e. The van der Waals surface area contributed by atoms with Gasteiger partial charge in [0.15, 0.2) is 0 Å². The number of piperidine rings is 1. The number of nitrogens with zero attached hydrogens (tertiary/aromatic N) is 2. The van der Waals surface area contributed by atoms with Crippen LogP contribution in [-0.2, 0) is 16.1 Å². The molecule has 1 N–H and O–H groups in total. The Balaban J connectivity index is 1.52. The van der Waals surface area contributed by atoms with Gasteiger partial charge >= 0.3 is 0 Å². The highest BCUT2D eigenvalue weighted by atomic mass is 16.2. The number of amides is 2. The topological polar surface area (TPSA) is 54.3 Å². The zero-order chi connectivity index (χ0) is 21.5. The first-order valence-corrected chi connectivity index (χ1v) is 11.0. The number of carbonyl (C=O) groups is 2. The molecule has 1 saturated heterocycles. The molecule has 2 aromatic carbocycles. The lowest BCUT2D eigenvalue weighted by Gasteiger charge is -2.39. The number of anilines is 1. The maximum atomic E-state index is 13.2. The fourth-order valence-corrected chi connectivity index (χ4v) is 5.10. The predicted molar refractivity (Wildman–Crippen MR) is 125 cm³/mol. The monoisotopic (exact) mass is 413 g/mol. The molecule has 0 aliphatic carbocycles. The van der Waals surface area contributed by atoms with Gasteiger partial charge < -0.3 is 14.8 Å². The third-order valence-corrected chi connectivity index (χ3v) is 6.62. The standard InChI is InChI=1S/C26H27N3O2/c1-17-8-7-9-18(2)29(17)25(30)16-28-15-19(20-10-4-6-13-24(20)28)14-22-21-11-3-5-12-23(21)27-26(22)31/h3-6,10-15,17-18H,7-9,16H2,1-2H3,(H,27,31)/b22-14+/t17-,18-/m0/s1. The number of hydrogen-bond acceptors (Lipinski definition) is 2. The Labute approximate surface area is 182 Å². The molecule has 0 bridgehead atoms. The molecule has 3 heterocycles. The van der Waals surface area contributed by atoms with Gasteiger partial charge in [0.2, 0.25) is 5.91 Å². The minimum atomic E-state index is -0.0925. The van der Waals surface area contributed by atoms with Crippen molar-refractivity contribution >= 4 is 40.1 Å². The number of benzene rings is 2. The van der Waals surface area contributed by atoms with Crippen LogP contribution in [0.15, 0.2) is 54.7 Å². The lowest BCUT2D eigenvalue weighted by Crippen LogP contribution is -2.48. The summed E-state index contributed by atoms with van der Waals surface area (Å²) in [6.45, 7) is 4.60. The van der Waals surface area contributed by atoms with Gasteiger partial charge in [0.25, 0.3) is 5.91 Å². The van der Waals surface area contributed by atoms with Gasteiger partial charge in [-0.2, -0.15) is 0 Å². The van der Waals surface area contributed by atoms with E-state index in [1.54, 1.807) is 0 Å². The molecule has 2 atom stereocenters. The number of carbonyl (C=O) groups excluding carboxylic acids is 2. The van der Waals surface area contributed by atoms with E-state index < -0.39 is 0 Å². The average molecular weight is 414 g/mol. The zero-order valence-electron chi connectivity index (χ0n) is 18.0. The van der Waals surface area contributed by atoms with Crippen LogP contribution in [0.5, 0.6) is 0 Å². The van der Waals surface area contributed by atoms with E-state index in [-0.39, 0.29) is 23.9 Å². The number of likely N-dealkylation sites (tertiary alicyclic amines) is 1. The fraction of sp³-hybridized carbons (Fsp3) is 0.308. The minimum Gasteiger partial charge on any atom is -0.337 e. The normalized spacial score (nSPS) is 22.1. The molecule has 2 aliphatic heterocycles. The molecule has 5 rings (SSSR count). The minimum absolute atomic E-state index is 0.0925. The molecule has 3 aromatic rings. The van der Waals surface area contributed by atoms with Crippen LogP contribution in [0.25, 0.3) is 22.6 Å². The van der Waals surface area contributed by atoms with Crippen LogP contribution in [0.4, 0.5) is 5.69 Å². The number of nitrogens with one attached hydrogen (secondary N) is 1. The smallest absolute Gasteiger partial charge is 0.256 e. The van der Waals surface area contributed by atoms with E-state index in [0.29, 0.717) is 12.1 Å². The third-order valence-electron chi connectivity index (χ3n) is 6.62. The van der Waals surface area contributed by atoms with Gasteiger partial charge in [-0.15, -0.1) is 0 Å². The Bertz CT molecular complexity index is 1200. The maximum absolute atomic E-state index is 13.2. The Kier molecular flexibility index (Phi) is 4.89. The van der Waals surface area contributed by atoms with Gasteiger partial charge in [-0.25, -0.2) is 0 Å². The van der Waals surface area contributed by atoms with Crippen molar-refractivity contribution in [2.24, 2.45) is 0 Å². The summed E-state index contributed by atoms with van der Waals surface area (Å²) in [5.74, 6) is 0.0636. The van der Waals surface area contributed by atoms with Crippen LogP contribution in [0.2, 0.25) is 0 Å². The highest BCUT2D eigenvalue weighted by Crippen LogP contribution is 2.34. The quantitative estimate of drug-likeness (QED) is 0.620. The summed E-state index contributed by atoms with van der Waals surface area (Å²) in [6.07, 6.45) is 7.25. The molecule has 0 saturated carbocycles. The molecular weight excluding hydrogens is 386 g/mol. The highest BCUT2D eigenvalue weighted by molar-refractivity contribution is 6.35. The Morgan fingerprint density at radius 1 is 1.06 bits per heavy atom. The van der Waals surface area contributed by atoms with Crippen molar-refractivity contribution in [2.75, 3.05) is 5.32 Å².